The quantitative estimate of drug-likeness (QED) is 0.419. The van der Waals surface area contributed by atoms with Crippen LogP contribution in [0.1, 0.15) is 12.8 Å². The third kappa shape index (κ3) is 0.889. The van der Waals surface area contributed by atoms with Crippen LogP contribution in [0.15, 0.2) is 12.7 Å². The summed E-state index contributed by atoms with van der Waals surface area (Å²) in [5.74, 6) is 1.17. The molecule has 2 aliphatic rings. The summed E-state index contributed by atoms with van der Waals surface area (Å²) in [6, 6.07) is 0. The molecular weight excluding hydrogens is 140 g/mol. The van der Waals surface area contributed by atoms with Gasteiger partial charge < -0.3 is 4.74 Å². The van der Waals surface area contributed by atoms with E-state index in [2.05, 4.69) is 6.58 Å². The molecule has 0 aromatic heterocycles. The second kappa shape index (κ2) is 2.36. The molecule has 0 spiro atoms. The number of allylic oxidation sites excluding steroid dienone is 1. The van der Waals surface area contributed by atoms with Crippen molar-refractivity contribution in [2.45, 2.75) is 12.8 Å². The van der Waals surface area contributed by atoms with Crippen molar-refractivity contribution < 1.29 is 9.53 Å². The van der Waals surface area contributed by atoms with Crippen molar-refractivity contribution in [2.75, 3.05) is 6.61 Å². The molecule has 0 radical (unpaired) electrons. The Hall–Kier alpha value is -0.790. The van der Waals surface area contributed by atoms with Crippen LogP contribution >= 0.6 is 0 Å². The van der Waals surface area contributed by atoms with Crippen LogP contribution in [-0.4, -0.2) is 12.6 Å². The standard InChI is InChI=1S/C9H12O2/c1-2-6-3-4-7-8(6)5-11-9(7)10/h2,6-8H,1,3-5H2/t6-,7+,8-/m1/s1. The molecule has 60 valence electrons. The molecule has 11 heavy (non-hydrogen) atoms. The fraction of sp³-hybridized carbons (Fsp3) is 0.667. The lowest BCUT2D eigenvalue weighted by Crippen LogP contribution is -2.12. The number of esters is 1. The monoisotopic (exact) mass is 152 g/mol. The zero-order chi connectivity index (χ0) is 7.84. The van der Waals surface area contributed by atoms with Crippen molar-refractivity contribution in [3.8, 4) is 0 Å². The van der Waals surface area contributed by atoms with E-state index in [0.717, 1.165) is 12.8 Å². The largest absolute Gasteiger partial charge is 0.465 e. The molecule has 3 atom stereocenters. The summed E-state index contributed by atoms with van der Waals surface area (Å²) in [6.07, 6.45) is 4.08. The fourth-order valence-electron chi connectivity index (χ4n) is 2.21. The molecule has 0 bridgehead atoms. The molecule has 1 aliphatic heterocycles. The van der Waals surface area contributed by atoms with Crippen molar-refractivity contribution in [1.29, 1.82) is 0 Å². The predicted octanol–water partition coefficient (Wildman–Crippen LogP) is 1.37. The number of cyclic esters (lactones) is 1. The average Bonchev–Trinajstić information content (AvgIpc) is 2.53. The van der Waals surface area contributed by atoms with Gasteiger partial charge in [0.15, 0.2) is 0 Å². The van der Waals surface area contributed by atoms with Gasteiger partial charge in [-0.1, -0.05) is 6.08 Å². The van der Waals surface area contributed by atoms with Crippen molar-refractivity contribution in [2.24, 2.45) is 17.8 Å². The molecular formula is C9H12O2. The van der Waals surface area contributed by atoms with Crippen LogP contribution in [0.25, 0.3) is 0 Å². The Morgan fingerprint density at radius 3 is 3.09 bits per heavy atom. The number of hydrogen-bond acceptors (Lipinski definition) is 2. The molecule has 0 N–H and O–H groups in total. The number of ether oxygens (including phenoxy) is 1. The summed E-state index contributed by atoms with van der Waals surface area (Å²) >= 11 is 0. The summed E-state index contributed by atoms with van der Waals surface area (Å²) in [4.78, 5) is 11.1. The van der Waals surface area contributed by atoms with Gasteiger partial charge in [0.05, 0.1) is 12.5 Å². The van der Waals surface area contributed by atoms with Crippen molar-refractivity contribution >= 4 is 5.97 Å². The normalized spacial score (nSPS) is 41.8. The van der Waals surface area contributed by atoms with Gasteiger partial charge in [0, 0.05) is 5.92 Å². The first-order valence-corrected chi connectivity index (χ1v) is 4.12. The molecule has 0 aromatic carbocycles. The van der Waals surface area contributed by atoms with Gasteiger partial charge >= 0.3 is 5.97 Å². The predicted molar refractivity (Wildman–Crippen MR) is 40.9 cm³/mol. The van der Waals surface area contributed by atoms with Gasteiger partial charge in [-0.2, -0.15) is 0 Å². The average molecular weight is 152 g/mol. The van der Waals surface area contributed by atoms with Crippen molar-refractivity contribution in [1.82, 2.24) is 0 Å². The summed E-state index contributed by atoms with van der Waals surface area (Å²) in [5.41, 5.74) is 0. The summed E-state index contributed by atoms with van der Waals surface area (Å²) < 4.78 is 4.97. The van der Waals surface area contributed by atoms with Crippen LogP contribution in [0.4, 0.5) is 0 Å². The lowest BCUT2D eigenvalue weighted by atomic mass is 9.92. The SMILES string of the molecule is C=C[C@@H]1CC[C@@H]2C(=O)OC[C@H]12. The van der Waals surface area contributed by atoms with Crippen molar-refractivity contribution in [3.05, 3.63) is 12.7 Å². The highest BCUT2D eigenvalue weighted by molar-refractivity contribution is 5.75. The van der Waals surface area contributed by atoms with E-state index in [-0.39, 0.29) is 11.9 Å². The Morgan fingerprint density at radius 2 is 2.36 bits per heavy atom. The van der Waals surface area contributed by atoms with E-state index < -0.39 is 0 Å². The minimum atomic E-state index is 0.0133. The van der Waals surface area contributed by atoms with Gasteiger partial charge in [-0.25, -0.2) is 0 Å². The molecule has 2 nitrogen and oxygen atoms in total. The van der Waals surface area contributed by atoms with E-state index in [9.17, 15) is 4.79 Å². The first kappa shape index (κ1) is 6.89. The Bertz CT molecular complexity index is 198. The molecule has 2 rings (SSSR count). The number of carbonyl (C=O) groups excluding carboxylic acids is 1. The number of fused-ring (bicyclic) bond motifs is 1. The summed E-state index contributed by atoms with van der Waals surface area (Å²) in [5, 5.41) is 0. The maximum atomic E-state index is 11.1. The molecule has 0 amide bonds. The second-order valence-corrected chi connectivity index (χ2v) is 3.38. The molecule has 1 saturated heterocycles. The fourth-order valence-corrected chi connectivity index (χ4v) is 2.21. The molecule has 2 heteroatoms. The zero-order valence-corrected chi connectivity index (χ0v) is 6.45. The molecule has 2 fully saturated rings. The van der Waals surface area contributed by atoms with Gasteiger partial charge in [-0.3, -0.25) is 4.79 Å². The minimum Gasteiger partial charge on any atom is -0.465 e. The number of rotatable bonds is 1. The lowest BCUT2D eigenvalue weighted by Gasteiger charge is -2.09. The van der Waals surface area contributed by atoms with E-state index in [1.165, 1.54) is 0 Å². The first-order chi connectivity index (χ1) is 5.33. The second-order valence-electron chi connectivity index (χ2n) is 3.38. The smallest absolute Gasteiger partial charge is 0.309 e. The maximum absolute atomic E-state index is 11.1. The van der Waals surface area contributed by atoms with E-state index in [1.807, 2.05) is 6.08 Å². The molecule has 0 unspecified atom stereocenters. The molecule has 1 saturated carbocycles. The van der Waals surface area contributed by atoms with Crippen LogP contribution in [0.3, 0.4) is 0 Å². The molecule has 1 heterocycles. The highest BCUT2D eigenvalue weighted by Gasteiger charge is 2.44. The highest BCUT2D eigenvalue weighted by atomic mass is 16.5. The van der Waals surface area contributed by atoms with Crippen LogP contribution in [-0.2, 0) is 9.53 Å². The van der Waals surface area contributed by atoms with Crippen LogP contribution in [0, 0.1) is 17.8 Å². The zero-order valence-electron chi connectivity index (χ0n) is 6.45. The Morgan fingerprint density at radius 1 is 1.55 bits per heavy atom. The van der Waals surface area contributed by atoms with Gasteiger partial charge in [-0.15, -0.1) is 6.58 Å². The van der Waals surface area contributed by atoms with Gasteiger partial charge in [0.1, 0.15) is 0 Å². The van der Waals surface area contributed by atoms with Gasteiger partial charge in [-0.05, 0) is 18.8 Å². The molecule has 0 aromatic rings. The summed E-state index contributed by atoms with van der Waals surface area (Å²) in [6.45, 7) is 4.39. The summed E-state index contributed by atoms with van der Waals surface area (Å²) in [7, 11) is 0. The Balaban J connectivity index is 2.15. The maximum Gasteiger partial charge on any atom is 0.309 e. The van der Waals surface area contributed by atoms with E-state index in [4.69, 9.17) is 4.74 Å². The van der Waals surface area contributed by atoms with Crippen LogP contribution in [0.5, 0.6) is 0 Å². The topological polar surface area (TPSA) is 26.3 Å². The van der Waals surface area contributed by atoms with Gasteiger partial charge in [0.25, 0.3) is 0 Å². The van der Waals surface area contributed by atoms with Crippen molar-refractivity contribution in [3.63, 3.8) is 0 Å². The number of carbonyl (C=O) groups is 1. The van der Waals surface area contributed by atoms with E-state index in [1.54, 1.807) is 0 Å². The van der Waals surface area contributed by atoms with Crippen LogP contribution in [0.2, 0.25) is 0 Å². The molecule has 1 aliphatic carbocycles. The Kier molecular flexibility index (Phi) is 1.48. The minimum absolute atomic E-state index is 0.0133. The van der Waals surface area contributed by atoms with E-state index in [0.29, 0.717) is 18.4 Å². The highest BCUT2D eigenvalue weighted by Crippen LogP contribution is 2.42. The third-order valence-electron chi connectivity index (χ3n) is 2.90. The third-order valence-corrected chi connectivity index (χ3v) is 2.90. The Labute approximate surface area is 66.2 Å². The first-order valence-electron chi connectivity index (χ1n) is 4.12. The lowest BCUT2D eigenvalue weighted by molar-refractivity contribution is -0.141. The van der Waals surface area contributed by atoms with E-state index >= 15 is 0 Å². The number of hydrogen-bond donors (Lipinski definition) is 0. The van der Waals surface area contributed by atoms with Gasteiger partial charge in [0.2, 0.25) is 0 Å². The van der Waals surface area contributed by atoms with Crippen LogP contribution < -0.4 is 0 Å².